The van der Waals surface area contributed by atoms with Crippen LogP contribution < -0.4 is 0 Å². The van der Waals surface area contributed by atoms with E-state index < -0.39 is 10.1 Å². The van der Waals surface area contributed by atoms with Crippen molar-refractivity contribution in [3.8, 4) is 0 Å². The fourth-order valence-electron chi connectivity index (χ4n) is 12.1. The summed E-state index contributed by atoms with van der Waals surface area (Å²) in [7, 11) is -4.32. The average Bonchev–Trinajstić information content (AvgIpc) is 2.87. The molecule has 12 unspecified atom stereocenters. The highest BCUT2D eigenvalue weighted by Crippen LogP contribution is 2.56. The Morgan fingerprint density at radius 3 is 1.32 bits per heavy atom. The fraction of sp³-hybridized carbons (Fsp3) is 0.833. The minimum absolute atomic E-state index is 0.276. The van der Waals surface area contributed by atoms with Crippen molar-refractivity contribution >= 4 is 10.1 Å². The van der Waals surface area contributed by atoms with Gasteiger partial charge in [0.25, 0.3) is 10.1 Å². The first-order valence-corrected chi connectivity index (χ1v) is 18.7. The van der Waals surface area contributed by atoms with Crippen LogP contribution in [0, 0.1) is 53.3 Å². The standard InChI is InChI=1S/C36H54O3S/c1-21-10-24-4-7-31(27(13-21)16-24)30-19-34(32-8-5-25-11-22(2)14-28(32)17-25)36(40(37,38)39)35(20-30)33-9-6-26-12-23(3)15-29(33)18-26/h19-29,31-33H,4-18H2,1-3H3,(H,37,38,39). The second kappa shape index (κ2) is 10.7. The fourth-order valence-corrected chi connectivity index (χ4v) is 13.1. The Morgan fingerprint density at radius 1 is 0.550 bits per heavy atom. The highest BCUT2D eigenvalue weighted by molar-refractivity contribution is 7.86. The molecule has 1 N–H and O–H groups in total. The maximum absolute atomic E-state index is 13.5. The quantitative estimate of drug-likeness (QED) is 0.369. The van der Waals surface area contributed by atoms with Crippen molar-refractivity contribution in [3.05, 3.63) is 28.8 Å². The summed E-state index contributed by atoms with van der Waals surface area (Å²) in [6.07, 6.45) is 18.9. The number of benzene rings is 1. The third-order valence-electron chi connectivity index (χ3n) is 13.2. The average molecular weight is 567 g/mol. The van der Waals surface area contributed by atoms with Crippen LogP contribution in [-0.4, -0.2) is 13.0 Å². The molecule has 222 valence electrons. The zero-order chi connectivity index (χ0) is 27.8. The maximum Gasteiger partial charge on any atom is 0.295 e. The van der Waals surface area contributed by atoms with Crippen LogP contribution in [0.2, 0.25) is 0 Å². The van der Waals surface area contributed by atoms with Crippen molar-refractivity contribution in [2.45, 2.75) is 140 Å². The van der Waals surface area contributed by atoms with Crippen LogP contribution in [-0.2, 0) is 10.1 Å². The second-order valence-corrected chi connectivity index (χ2v) is 17.7. The molecule has 4 heteroatoms. The molecule has 0 saturated heterocycles. The summed E-state index contributed by atoms with van der Waals surface area (Å²) < 4.78 is 38.0. The largest absolute Gasteiger partial charge is 0.295 e. The lowest BCUT2D eigenvalue weighted by Gasteiger charge is -2.46. The van der Waals surface area contributed by atoms with Gasteiger partial charge in [0.15, 0.2) is 0 Å². The lowest BCUT2D eigenvalue weighted by atomic mass is 9.59. The van der Waals surface area contributed by atoms with E-state index in [2.05, 4.69) is 32.9 Å². The first kappa shape index (κ1) is 27.9. The minimum atomic E-state index is -4.32. The van der Waals surface area contributed by atoms with Gasteiger partial charge in [-0.2, -0.15) is 8.42 Å². The number of rotatable bonds is 4. The Morgan fingerprint density at radius 2 is 0.925 bits per heavy atom. The number of hydrogen-bond acceptors (Lipinski definition) is 2. The zero-order valence-electron chi connectivity index (χ0n) is 25.4. The zero-order valence-corrected chi connectivity index (χ0v) is 26.2. The second-order valence-electron chi connectivity index (χ2n) is 16.4. The molecule has 1 aromatic carbocycles. The Bertz CT molecular complexity index is 1140. The van der Waals surface area contributed by atoms with E-state index in [1.807, 2.05) is 0 Å². The van der Waals surface area contributed by atoms with Crippen LogP contribution >= 0.6 is 0 Å². The third kappa shape index (κ3) is 5.24. The van der Waals surface area contributed by atoms with Crippen molar-refractivity contribution in [2.24, 2.45) is 53.3 Å². The number of hydrogen-bond donors (Lipinski definition) is 1. The van der Waals surface area contributed by atoms with Crippen molar-refractivity contribution < 1.29 is 13.0 Å². The molecule has 6 bridgehead atoms. The van der Waals surface area contributed by atoms with Gasteiger partial charge in [0.2, 0.25) is 0 Å². The first-order chi connectivity index (χ1) is 19.1. The van der Waals surface area contributed by atoms with Gasteiger partial charge >= 0.3 is 0 Å². The van der Waals surface area contributed by atoms with Gasteiger partial charge in [0.1, 0.15) is 4.90 Å². The van der Waals surface area contributed by atoms with Crippen LogP contribution in [0.4, 0.5) is 0 Å². The minimum Gasteiger partial charge on any atom is -0.282 e. The highest BCUT2D eigenvalue weighted by Gasteiger charge is 2.44. The van der Waals surface area contributed by atoms with Crippen LogP contribution in [0.3, 0.4) is 0 Å². The molecule has 12 atom stereocenters. The Hall–Kier alpha value is -0.870. The predicted octanol–water partition coefficient (Wildman–Crippen LogP) is 9.72. The molecule has 0 aromatic heterocycles. The van der Waals surface area contributed by atoms with Crippen LogP contribution in [0.5, 0.6) is 0 Å². The van der Waals surface area contributed by atoms with Crippen LogP contribution in [0.15, 0.2) is 17.0 Å². The van der Waals surface area contributed by atoms with Gasteiger partial charge in [0, 0.05) is 0 Å². The lowest BCUT2D eigenvalue weighted by Crippen LogP contribution is -2.34. The number of fused-ring (bicyclic) bond motifs is 6. The molecule has 6 fully saturated rings. The summed E-state index contributed by atoms with van der Waals surface area (Å²) in [5, 5.41) is 0. The third-order valence-corrected chi connectivity index (χ3v) is 14.2. The van der Waals surface area contributed by atoms with E-state index in [0.717, 1.165) is 65.4 Å². The van der Waals surface area contributed by atoms with E-state index >= 15 is 0 Å². The Labute approximate surface area is 244 Å². The maximum atomic E-state index is 13.5. The van der Waals surface area contributed by atoms with E-state index in [4.69, 9.17) is 0 Å². The normalized spacial score (nSPS) is 45.2. The molecule has 0 heterocycles. The summed E-state index contributed by atoms with van der Waals surface area (Å²) in [5.41, 5.74) is 3.50. The molecule has 7 rings (SSSR count). The van der Waals surface area contributed by atoms with Crippen molar-refractivity contribution in [2.75, 3.05) is 0 Å². The van der Waals surface area contributed by atoms with Gasteiger partial charge in [-0.1, -0.05) is 32.9 Å². The smallest absolute Gasteiger partial charge is 0.282 e. The molecular weight excluding hydrogens is 512 g/mol. The topological polar surface area (TPSA) is 54.4 Å². The van der Waals surface area contributed by atoms with E-state index in [1.54, 1.807) is 0 Å². The van der Waals surface area contributed by atoms with Gasteiger partial charge in [-0.25, -0.2) is 0 Å². The Balaban J connectivity index is 1.37. The van der Waals surface area contributed by atoms with Crippen LogP contribution in [0.1, 0.15) is 152 Å². The van der Waals surface area contributed by atoms with Gasteiger partial charge in [-0.05, 0) is 184 Å². The van der Waals surface area contributed by atoms with E-state index in [0.29, 0.717) is 22.6 Å². The highest BCUT2D eigenvalue weighted by atomic mass is 32.2. The molecule has 0 aliphatic heterocycles. The van der Waals surface area contributed by atoms with Crippen molar-refractivity contribution in [3.63, 3.8) is 0 Å². The van der Waals surface area contributed by atoms with Gasteiger partial charge in [0.05, 0.1) is 0 Å². The van der Waals surface area contributed by atoms with E-state index in [9.17, 15) is 13.0 Å². The van der Waals surface area contributed by atoms with E-state index in [1.165, 1.54) is 89.0 Å². The van der Waals surface area contributed by atoms with Crippen molar-refractivity contribution in [1.29, 1.82) is 0 Å². The molecule has 6 saturated carbocycles. The summed E-state index contributed by atoms with van der Waals surface area (Å²) in [6, 6.07) is 4.71. The molecule has 0 amide bonds. The van der Waals surface area contributed by atoms with Gasteiger partial charge in [-0.15, -0.1) is 0 Å². The van der Waals surface area contributed by atoms with Gasteiger partial charge in [-0.3, -0.25) is 4.55 Å². The molecule has 40 heavy (non-hydrogen) atoms. The van der Waals surface area contributed by atoms with E-state index in [-0.39, 0.29) is 11.8 Å². The monoisotopic (exact) mass is 566 g/mol. The summed E-state index contributed by atoms with van der Waals surface area (Å²) >= 11 is 0. The summed E-state index contributed by atoms with van der Waals surface area (Å²) in [4.78, 5) is 0.366. The Kier molecular flexibility index (Phi) is 7.46. The first-order valence-electron chi connectivity index (χ1n) is 17.3. The predicted molar refractivity (Wildman–Crippen MR) is 162 cm³/mol. The molecule has 6 aliphatic carbocycles. The molecule has 0 radical (unpaired) electrons. The molecule has 1 aromatic rings. The van der Waals surface area contributed by atoms with Gasteiger partial charge < -0.3 is 0 Å². The van der Waals surface area contributed by atoms with Crippen LogP contribution in [0.25, 0.3) is 0 Å². The lowest BCUT2D eigenvalue weighted by molar-refractivity contribution is 0.117. The summed E-state index contributed by atoms with van der Waals surface area (Å²) in [6.45, 7) is 7.25. The SMILES string of the molecule is CC1CC2CCC(c3cc(C4CCC5CC(C)CC4C5)c(S(=O)(=O)O)c(C4CCC5CC(C)CC4C5)c3)C(C1)C2. The molecular formula is C36H54O3S. The molecule has 0 spiro atoms. The molecule has 3 nitrogen and oxygen atoms in total. The molecule has 6 aliphatic rings. The summed E-state index contributed by atoms with van der Waals surface area (Å²) in [5.74, 6) is 7.70. The van der Waals surface area contributed by atoms with Crippen molar-refractivity contribution in [1.82, 2.24) is 0 Å².